The van der Waals surface area contributed by atoms with E-state index in [2.05, 4.69) is 36.6 Å². The molecule has 0 spiro atoms. The van der Waals surface area contributed by atoms with Crippen LogP contribution in [0.4, 0.5) is 23.7 Å². The normalized spacial score (nSPS) is 10.8. The number of halogens is 6. The lowest BCUT2D eigenvalue weighted by Gasteiger charge is -2.12. The molecule has 202 valence electrons. The van der Waals surface area contributed by atoms with Crippen LogP contribution in [0.15, 0.2) is 57.5 Å². The molecule has 0 aliphatic carbocycles. The molecule has 0 unspecified atom stereocenters. The summed E-state index contributed by atoms with van der Waals surface area (Å²) in [4.78, 5) is 34.9. The van der Waals surface area contributed by atoms with Crippen molar-refractivity contribution in [2.24, 2.45) is 0 Å². The van der Waals surface area contributed by atoms with Crippen LogP contribution in [0.5, 0.6) is 17.2 Å². The maximum Gasteiger partial charge on any atom is 0.516 e. The minimum absolute atomic E-state index is 0.0234. The van der Waals surface area contributed by atoms with Gasteiger partial charge in [0.2, 0.25) is 6.79 Å². The highest BCUT2D eigenvalue weighted by Gasteiger charge is 2.31. The lowest BCUT2D eigenvalue weighted by molar-refractivity contribution is -0.385. The summed E-state index contributed by atoms with van der Waals surface area (Å²) in [6.07, 6.45) is -5.93. The Morgan fingerprint density at radius 3 is 2.28 bits per heavy atom. The molecular formula is C23H10Br2ClF3N2O8. The molecule has 0 aliphatic heterocycles. The van der Waals surface area contributed by atoms with Crippen LogP contribution in [0.25, 0.3) is 0 Å². The Kier molecular flexibility index (Phi) is 9.38. The Bertz CT molecular complexity index is 1490. The van der Waals surface area contributed by atoms with E-state index in [1.54, 1.807) is 0 Å². The predicted molar refractivity (Wildman–Crippen MR) is 134 cm³/mol. The summed E-state index contributed by atoms with van der Waals surface area (Å²) in [7, 11) is 0. The van der Waals surface area contributed by atoms with Gasteiger partial charge in [-0.15, -0.1) is 0 Å². The monoisotopic (exact) mass is 692 g/mol. The number of nitro benzene ring substituents is 1. The zero-order valence-electron chi connectivity index (χ0n) is 18.8. The molecule has 0 aliphatic rings. The third-order valence-electron chi connectivity index (χ3n) is 4.55. The molecule has 0 amide bonds. The van der Waals surface area contributed by atoms with Crippen molar-refractivity contribution in [2.75, 3.05) is 6.79 Å². The summed E-state index contributed by atoms with van der Waals surface area (Å²) >= 11 is 12.1. The number of hydrogen-bond donors (Lipinski definition) is 0. The lowest BCUT2D eigenvalue weighted by atomic mass is 10.1. The van der Waals surface area contributed by atoms with E-state index in [0.29, 0.717) is 12.1 Å². The highest BCUT2D eigenvalue weighted by molar-refractivity contribution is 9.11. The maximum atomic E-state index is 12.8. The van der Waals surface area contributed by atoms with Crippen molar-refractivity contribution < 1.29 is 46.6 Å². The van der Waals surface area contributed by atoms with Crippen molar-refractivity contribution in [1.29, 1.82) is 5.26 Å². The van der Waals surface area contributed by atoms with E-state index in [1.165, 1.54) is 12.1 Å². The van der Waals surface area contributed by atoms with Crippen LogP contribution in [-0.4, -0.2) is 23.8 Å². The summed E-state index contributed by atoms with van der Waals surface area (Å²) in [5.41, 5.74) is -2.06. The average molecular weight is 695 g/mol. The van der Waals surface area contributed by atoms with E-state index in [0.717, 1.165) is 24.3 Å². The predicted octanol–water partition coefficient (Wildman–Crippen LogP) is 7.79. The smallest absolute Gasteiger partial charge is 0.456 e. The third kappa shape index (κ3) is 7.59. The van der Waals surface area contributed by atoms with Crippen LogP contribution >= 0.6 is 43.5 Å². The van der Waals surface area contributed by atoms with Crippen molar-refractivity contribution in [3.05, 3.63) is 89.3 Å². The first-order chi connectivity index (χ1) is 18.3. The molecule has 0 atom stereocenters. The SMILES string of the molecule is N#Cc1cc(Br)c(OC(=O)OCOC(=O)c2ccc(Oc3ccc(C(F)(F)F)cc3Cl)cc2[N+](=O)[O-])c(Br)c1. The minimum atomic E-state index is -4.64. The average Bonchev–Trinajstić information content (AvgIpc) is 2.86. The van der Waals surface area contributed by atoms with Gasteiger partial charge in [-0.1, -0.05) is 11.6 Å². The minimum Gasteiger partial charge on any atom is -0.456 e. The van der Waals surface area contributed by atoms with Crippen molar-refractivity contribution in [3.63, 3.8) is 0 Å². The Morgan fingerprint density at radius 2 is 1.72 bits per heavy atom. The largest absolute Gasteiger partial charge is 0.516 e. The van der Waals surface area contributed by atoms with E-state index in [-0.39, 0.29) is 31.8 Å². The molecule has 3 rings (SSSR count). The van der Waals surface area contributed by atoms with E-state index >= 15 is 0 Å². The first-order valence-electron chi connectivity index (χ1n) is 10.0. The van der Waals surface area contributed by atoms with Crippen LogP contribution in [0.2, 0.25) is 5.02 Å². The molecule has 3 aromatic carbocycles. The Hall–Kier alpha value is -3.87. The molecule has 0 saturated carbocycles. The summed E-state index contributed by atoms with van der Waals surface area (Å²) in [6.45, 7) is -0.972. The molecule has 0 heterocycles. The first kappa shape index (κ1) is 29.7. The van der Waals surface area contributed by atoms with Gasteiger partial charge < -0.3 is 18.9 Å². The van der Waals surface area contributed by atoms with Crippen molar-refractivity contribution in [2.45, 2.75) is 6.18 Å². The number of rotatable bonds is 7. The second kappa shape index (κ2) is 12.3. The summed E-state index contributed by atoms with van der Waals surface area (Å²) < 4.78 is 58.6. The van der Waals surface area contributed by atoms with E-state index in [1.807, 2.05) is 6.07 Å². The number of nitrogens with zero attached hydrogens (tertiary/aromatic N) is 2. The fourth-order valence-corrected chi connectivity index (χ4v) is 4.40. The molecule has 0 N–H and O–H groups in total. The van der Waals surface area contributed by atoms with Crippen LogP contribution in [0.3, 0.4) is 0 Å². The third-order valence-corrected chi connectivity index (χ3v) is 6.03. The number of nitriles is 1. The second-order valence-electron chi connectivity index (χ2n) is 7.11. The van der Waals surface area contributed by atoms with Crippen LogP contribution in [0.1, 0.15) is 21.5 Å². The van der Waals surface area contributed by atoms with Gasteiger partial charge in [0.15, 0.2) is 5.75 Å². The number of carbonyl (C=O) groups excluding carboxylic acids is 2. The van der Waals surface area contributed by atoms with Gasteiger partial charge in [0, 0.05) is 0 Å². The standard InChI is InChI=1S/C23H10Br2ClF3N2O8/c24-15-5-11(9-30)6-16(25)20(15)39-22(33)37-10-36-21(32)14-3-2-13(8-18(14)31(34)35)38-19-4-1-12(7-17(19)26)23(27,28)29/h1-8H,10H2. The Labute approximate surface area is 238 Å². The van der Waals surface area contributed by atoms with Gasteiger partial charge in [-0.3, -0.25) is 10.1 Å². The Morgan fingerprint density at radius 1 is 1.05 bits per heavy atom. The highest BCUT2D eigenvalue weighted by Crippen LogP contribution is 2.38. The van der Waals surface area contributed by atoms with Gasteiger partial charge in [-0.25, -0.2) is 9.59 Å². The van der Waals surface area contributed by atoms with E-state index in [4.69, 9.17) is 31.1 Å². The molecule has 16 heteroatoms. The van der Waals surface area contributed by atoms with Crippen molar-refractivity contribution in [1.82, 2.24) is 0 Å². The maximum absolute atomic E-state index is 12.8. The number of alkyl halides is 3. The van der Waals surface area contributed by atoms with Gasteiger partial charge in [-0.2, -0.15) is 18.4 Å². The zero-order valence-corrected chi connectivity index (χ0v) is 22.7. The van der Waals surface area contributed by atoms with Crippen molar-refractivity contribution in [3.8, 4) is 23.3 Å². The van der Waals surface area contributed by atoms with Crippen LogP contribution in [0, 0.1) is 21.4 Å². The lowest BCUT2D eigenvalue weighted by Crippen LogP contribution is -2.17. The number of benzene rings is 3. The molecule has 3 aromatic rings. The van der Waals surface area contributed by atoms with E-state index in [9.17, 15) is 32.9 Å². The van der Waals surface area contributed by atoms with Crippen LogP contribution in [-0.2, 0) is 15.7 Å². The number of ether oxygens (including phenoxy) is 4. The second-order valence-corrected chi connectivity index (χ2v) is 9.22. The topological polar surface area (TPSA) is 138 Å². The number of nitro groups is 1. The number of hydrogen-bond acceptors (Lipinski definition) is 9. The molecular weight excluding hydrogens is 685 g/mol. The fourth-order valence-electron chi connectivity index (χ4n) is 2.83. The molecule has 39 heavy (non-hydrogen) atoms. The van der Waals surface area contributed by atoms with Crippen LogP contribution < -0.4 is 9.47 Å². The molecule has 10 nitrogen and oxygen atoms in total. The Balaban J connectivity index is 1.66. The van der Waals surface area contributed by atoms with E-state index < -0.39 is 51.9 Å². The number of esters is 1. The first-order valence-corrected chi connectivity index (χ1v) is 12.0. The van der Waals surface area contributed by atoms with Crippen molar-refractivity contribution >= 4 is 61.3 Å². The molecule has 0 saturated heterocycles. The fraction of sp³-hybridized carbons (Fsp3) is 0.0870. The van der Waals surface area contributed by atoms with Gasteiger partial charge in [-0.05, 0) is 74.3 Å². The molecule has 0 radical (unpaired) electrons. The van der Waals surface area contributed by atoms with Gasteiger partial charge in [0.25, 0.3) is 5.69 Å². The molecule has 0 fully saturated rings. The zero-order chi connectivity index (χ0) is 28.9. The molecule has 0 aromatic heterocycles. The highest BCUT2D eigenvalue weighted by atomic mass is 79.9. The summed E-state index contributed by atoms with van der Waals surface area (Å²) in [5, 5.41) is 20.0. The quantitative estimate of drug-likeness (QED) is 0.0798. The number of carbonyl (C=O) groups is 2. The molecule has 0 bridgehead atoms. The summed E-state index contributed by atoms with van der Waals surface area (Å²) in [6, 6.07) is 9.86. The van der Waals surface area contributed by atoms with Gasteiger partial charge in [0.1, 0.15) is 17.1 Å². The van der Waals surface area contributed by atoms with Gasteiger partial charge in [0.05, 0.1) is 42.2 Å². The summed E-state index contributed by atoms with van der Waals surface area (Å²) in [5.74, 6) is -1.70. The van der Waals surface area contributed by atoms with Gasteiger partial charge >= 0.3 is 18.3 Å².